The molecule has 16 heavy (non-hydrogen) atoms. The molecule has 0 bridgehead atoms. The lowest BCUT2D eigenvalue weighted by Gasteiger charge is -2.20. The number of aliphatic hydroxyl groups is 1. The van der Waals surface area contributed by atoms with E-state index >= 15 is 0 Å². The number of rotatable bonds is 2. The van der Waals surface area contributed by atoms with Crippen LogP contribution in [0.5, 0.6) is 0 Å². The van der Waals surface area contributed by atoms with Gasteiger partial charge in [0.1, 0.15) is 0 Å². The van der Waals surface area contributed by atoms with Gasteiger partial charge in [0.15, 0.2) is 0 Å². The van der Waals surface area contributed by atoms with Gasteiger partial charge >= 0.3 is 0 Å². The third kappa shape index (κ3) is 8.25. The molecular formula is C15H26O. The monoisotopic (exact) mass is 222 g/mol. The molecule has 92 valence electrons. The molecule has 0 aromatic rings. The third-order valence-corrected chi connectivity index (χ3v) is 2.40. The van der Waals surface area contributed by atoms with E-state index in [1.807, 2.05) is 6.92 Å². The van der Waals surface area contributed by atoms with Crippen molar-refractivity contribution in [2.45, 2.75) is 33.1 Å². The van der Waals surface area contributed by atoms with Crippen molar-refractivity contribution < 1.29 is 5.11 Å². The molecule has 1 atom stereocenters. The highest BCUT2D eigenvalue weighted by Crippen LogP contribution is 2.27. The fourth-order valence-electron chi connectivity index (χ4n) is 1.48. The first-order valence-corrected chi connectivity index (χ1v) is 5.66. The van der Waals surface area contributed by atoms with Crippen molar-refractivity contribution in [3.63, 3.8) is 0 Å². The van der Waals surface area contributed by atoms with Gasteiger partial charge in [-0.1, -0.05) is 24.3 Å². The van der Waals surface area contributed by atoms with Crippen molar-refractivity contribution in [2.75, 3.05) is 6.61 Å². The van der Waals surface area contributed by atoms with Crippen LogP contribution < -0.4 is 0 Å². The van der Waals surface area contributed by atoms with Crippen LogP contribution in [0.1, 0.15) is 33.1 Å². The Bertz CT molecular complexity index is 226. The van der Waals surface area contributed by atoms with E-state index in [2.05, 4.69) is 39.3 Å². The first-order valence-electron chi connectivity index (χ1n) is 5.66. The van der Waals surface area contributed by atoms with E-state index in [0.717, 1.165) is 12.8 Å². The zero-order valence-electron chi connectivity index (χ0n) is 10.8. The molecule has 0 spiro atoms. The SMILES string of the molecule is C=C.C=C(C)C1CC=C(CO)CC1.C=CC. The molecule has 0 amide bonds. The summed E-state index contributed by atoms with van der Waals surface area (Å²) < 4.78 is 0. The minimum absolute atomic E-state index is 0.239. The van der Waals surface area contributed by atoms with Crippen molar-refractivity contribution in [1.82, 2.24) is 0 Å². The van der Waals surface area contributed by atoms with Gasteiger partial charge in [0.05, 0.1) is 6.61 Å². The summed E-state index contributed by atoms with van der Waals surface area (Å²) in [6.45, 7) is 17.5. The average molecular weight is 222 g/mol. The second-order valence-corrected chi connectivity index (χ2v) is 3.75. The van der Waals surface area contributed by atoms with E-state index < -0.39 is 0 Å². The maximum absolute atomic E-state index is 8.83. The molecule has 0 aliphatic heterocycles. The van der Waals surface area contributed by atoms with E-state index in [1.54, 1.807) is 6.08 Å². The van der Waals surface area contributed by atoms with Crippen LogP contribution in [0.25, 0.3) is 0 Å². The lowest BCUT2D eigenvalue weighted by atomic mass is 9.86. The zero-order valence-corrected chi connectivity index (χ0v) is 10.8. The molecule has 0 saturated carbocycles. The maximum atomic E-state index is 8.83. The minimum Gasteiger partial charge on any atom is -0.392 e. The molecule has 1 nitrogen and oxygen atoms in total. The van der Waals surface area contributed by atoms with Gasteiger partial charge in [-0.3, -0.25) is 0 Å². The Morgan fingerprint density at radius 2 is 2.06 bits per heavy atom. The second-order valence-electron chi connectivity index (χ2n) is 3.75. The highest BCUT2D eigenvalue weighted by Gasteiger charge is 2.13. The molecule has 1 rings (SSSR count). The Morgan fingerprint density at radius 1 is 1.56 bits per heavy atom. The summed E-state index contributed by atoms with van der Waals surface area (Å²) in [7, 11) is 0. The van der Waals surface area contributed by atoms with Crippen molar-refractivity contribution in [2.24, 2.45) is 5.92 Å². The number of allylic oxidation sites excluding steroid dienone is 3. The van der Waals surface area contributed by atoms with Crippen LogP contribution in [0.15, 0.2) is 49.6 Å². The van der Waals surface area contributed by atoms with Gasteiger partial charge in [-0.15, -0.1) is 19.7 Å². The summed E-state index contributed by atoms with van der Waals surface area (Å²) in [5.74, 6) is 0.658. The van der Waals surface area contributed by atoms with Crippen LogP contribution in [0.3, 0.4) is 0 Å². The molecule has 1 aliphatic carbocycles. The molecule has 0 saturated heterocycles. The van der Waals surface area contributed by atoms with Gasteiger partial charge in [0.25, 0.3) is 0 Å². The molecule has 0 aromatic heterocycles. The van der Waals surface area contributed by atoms with E-state index in [1.165, 1.54) is 17.6 Å². The molecule has 1 aliphatic rings. The fraction of sp³-hybridized carbons (Fsp3) is 0.467. The molecule has 0 fully saturated rings. The first-order chi connectivity index (χ1) is 7.65. The number of hydrogen-bond acceptors (Lipinski definition) is 1. The van der Waals surface area contributed by atoms with Gasteiger partial charge in [-0.05, 0) is 44.6 Å². The first kappa shape index (κ1) is 17.3. The topological polar surface area (TPSA) is 20.2 Å². The lowest BCUT2D eigenvalue weighted by Crippen LogP contribution is -2.07. The third-order valence-electron chi connectivity index (χ3n) is 2.40. The molecule has 1 heteroatoms. The van der Waals surface area contributed by atoms with Crippen LogP contribution >= 0.6 is 0 Å². The van der Waals surface area contributed by atoms with Crippen LogP contribution in [0, 0.1) is 5.92 Å². The zero-order chi connectivity index (χ0) is 13.0. The largest absolute Gasteiger partial charge is 0.392 e. The Labute approximate surface area is 101 Å². The minimum atomic E-state index is 0.239. The van der Waals surface area contributed by atoms with E-state index in [9.17, 15) is 0 Å². The van der Waals surface area contributed by atoms with E-state index in [4.69, 9.17) is 5.11 Å². The molecule has 0 radical (unpaired) electrons. The van der Waals surface area contributed by atoms with Crippen molar-refractivity contribution in [3.8, 4) is 0 Å². The van der Waals surface area contributed by atoms with Gasteiger partial charge in [-0.25, -0.2) is 0 Å². The fourth-order valence-corrected chi connectivity index (χ4v) is 1.48. The van der Waals surface area contributed by atoms with Gasteiger partial charge in [0, 0.05) is 0 Å². The Morgan fingerprint density at radius 3 is 2.31 bits per heavy atom. The molecule has 0 aromatic carbocycles. The number of aliphatic hydroxyl groups excluding tert-OH is 1. The lowest BCUT2D eigenvalue weighted by molar-refractivity contribution is 0.319. The van der Waals surface area contributed by atoms with Gasteiger partial charge < -0.3 is 5.11 Å². The predicted molar refractivity (Wildman–Crippen MR) is 74.4 cm³/mol. The van der Waals surface area contributed by atoms with Crippen LogP contribution in [-0.4, -0.2) is 11.7 Å². The Kier molecular flexibility index (Phi) is 13.0. The summed E-state index contributed by atoms with van der Waals surface area (Å²) in [5.41, 5.74) is 2.47. The van der Waals surface area contributed by atoms with E-state index in [-0.39, 0.29) is 6.61 Å². The van der Waals surface area contributed by atoms with Gasteiger partial charge in [0.2, 0.25) is 0 Å². The van der Waals surface area contributed by atoms with Crippen LogP contribution in [0.4, 0.5) is 0 Å². The summed E-state index contributed by atoms with van der Waals surface area (Å²) in [6.07, 6.45) is 7.20. The van der Waals surface area contributed by atoms with E-state index in [0.29, 0.717) is 5.92 Å². The quantitative estimate of drug-likeness (QED) is 0.692. The summed E-state index contributed by atoms with van der Waals surface area (Å²) >= 11 is 0. The highest BCUT2D eigenvalue weighted by atomic mass is 16.3. The van der Waals surface area contributed by atoms with Crippen molar-refractivity contribution in [1.29, 1.82) is 0 Å². The molecule has 1 N–H and O–H groups in total. The normalized spacial score (nSPS) is 17.9. The Hall–Kier alpha value is -1.08. The Balaban J connectivity index is 0. The van der Waals surface area contributed by atoms with Crippen LogP contribution in [0.2, 0.25) is 0 Å². The summed E-state index contributed by atoms with van der Waals surface area (Å²) in [4.78, 5) is 0. The smallest absolute Gasteiger partial charge is 0.0641 e. The van der Waals surface area contributed by atoms with Gasteiger partial charge in [-0.2, -0.15) is 0 Å². The second kappa shape index (κ2) is 12.0. The maximum Gasteiger partial charge on any atom is 0.0641 e. The molecule has 1 unspecified atom stereocenters. The highest BCUT2D eigenvalue weighted by molar-refractivity contribution is 5.11. The number of hydrogen-bond donors (Lipinski definition) is 1. The predicted octanol–water partition coefficient (Wildman–Crippen LogP) is 4.28. The van der Waals surface area contributed by atoms with Crippen molar-refractivity contribution >= 4 is 0 Å². The summed E-state index contributed by atoms with van der Waals surface area (Å²) in [6, 6.07) is 0. The molecule has 0 heterocycles. The van der Waals surface area contributed by atoms with Crippen molar-refractivity contribution in [3.05, 3.63) is 49.6 Å². The van der Waals surface area contributed by atoms with Crippen LogP contribution in [-0.2, 0) is 0 Å². The standard InChI is InChI=1S/C10H16O.C3H6.C2H4/c1-8(2)10-5-3-9(7-11)4-6-10;1-3-2;1-2/h3,10-11H,1,4-7H2,2H3;3H,1H2,2H3;1-2H2. The average Bonchev–Trinajstić information content (AvgIpc) is 2.33. The summed E-state index contributed by atoms with van der Waals surface area (Å²) in [5, 5.41) is 8.83. The molecular weight excluding hydrogens is 196 g/mol.